The molecule has 29 heavy (non-hydrogen) atoms. The van der Waals surface area contributed by atoms with Crippen molar-refractivity contribution in [1.82, 2.24) is 0 Å². The third-order valence-electron chi connectivity index (χ3n) is 4.08. The van der Waals surface area contributed by atoms with E-state index in [-0.39, 0.29) is 17.0 Å². The van der Waals surface area contributed by atoms with Crippen LogP contribution in [0.1, 0.15) is 17.3 Å². The van der Waals surface area contributed by atoms with Crippen LogP contribution in [0.4, 0.5) is 11.4 Å². The SMILES string of the molecule is COc1ccc([N+](=O)[O-])cc1C(=O)O[C@@H](C)C(=O)Nc1ccc2c(c1)OCCO2. The monoisotopic (exact) mass is 402 g/mol. The maximum atomic E-state index is 12.4. The van der Waals surface area contributed by atoms with Crippen molar-refractivity contribution in [2.75, 3.05) is 25.6 Å². The number of carbonyl (C=O) groups is 2. The maximum Gasteiger partial charge on any atom is 0.342 e. The predicted molar refractivity (Wildman–Crippen MR) is 101 cm³/mol. The largest absolute Gasteiger partial charge is 0.496 e. The number of amides is 1. The molecular weight excluding hydrogens is 384 g/mol. The number of rotatable bonds is 6. The molecule has 1 atom stereocenters. The van der Waals surface area contributed by atoms with Gasteiger partial charge in [0, 0.05) is 23.9 Å². The van der Waals surface area contributed by atoms with E-state index in [2.05, 4.69) is 5.32 Å². The van der Waals surface area contributed by atoms with Gasteiger partial charge in [-0.05, 0) is 25.1 Å². The molecule has 0 aromatic heterocycles. The zero-order valence-corrected chi connectivity index (χ0v) is 15.7. The molecule has 1 aliphatic heterocycles. The van der Waals surface area contributed by atoms with Gasteiger partial charge in [0.1, 0.15) is 24.5 Å². The molecule has 0 bridgehead atoms. The van der Waals surface area contributed by atoms with Crippen molar-refractivity contribution in [2.24, 2.45) is 0 Å². The minimum atomic E-state index is -1.17. The fourth-order valence-electron chi connectivity index (χ4n) is 2.61. The van der Waals surface area contributed by atoms with Gasteiger partial charge in [-0.1, -0.05) is 0 Å². The van der Waals surface area contributed by atoms with Gasteiger partial charge in [0.25, 0.3) is 11.6 Å². The number of hydrogen-bond acceptors (Lipinski definition) is 8. The van der Waals surface area contributed by atoms with Crippen LogP contribution in [0.2, 0.25) is 0 Å². The summed E-state index contributed by atoms with van der Waals surface area (Å²) < 4.78 is 21.1. The van der Waals surface area contributed by atoms with E-state index in [9.17, 15) is 19.7 Å². The summed E-state index contributed by atoms with van der Waals surface area (Å²) in [6.07, 6.45) is -1.17. The number of fused-ring (bicyclic) bond motifs is 1. The van der Waals surface area contributed by atoms with Crippen molar-refractivity contribution in [3.8, 4) is 17.2 Å². The Kier molecular flexibility index (Phi) is 5.82. The fourth-order valence-corrected chi connectivity index (χ4v) is 2.61. The first-order valence-electron chi connectivity index (χ1n) is 8.63. The number of anilines is 1. The lowest BCUT2D eigenvalue weighted by atomic mass is 10.1. The van der Waals surface area contributed by atoms with Gasteiger partial charge in [-0.15, -0.1) is 0 Å². The number of nitro groups is 1. The zero-order valence-electron chi connectivity index (χ0n) is 15.7. The zero-order chi connectivity index (χ0) is 21.0. The number of benzene rings is 2. The summed E-state index contributed by atoms with van der Waals surface area (Å²) in [7, 11) is 1.32. The topological polar surface area (TPSA) is 126 Å². The van der Waals surface area contributed by atoms with Gasteiger partial charge >= 0.3 is 5.97 Å². The lowest BCUT2D eigenvalue weighted by Crippen LogP contribution is -2.30. The molecule has 3 rings (SSSR count). The van der Waals surface area contributed by atoms with Crippen LogP contribution in [0.15, 0.2) is 36.4 Å². The van der Waals surface area contributed by atoms with Gasteiger partial charge in [-0.3, -0.25) is 14.9 Å². The third kappa shape index (κ3) is 4.54. The highest BCUT2D eigenvalue weighted by atomic mass is 16.6. The van der Waals surface area contributed by atoms with Crippen LogP contribution in [-0.2, 0) is 9.53 Å². The first-order valence-corrected chi connectivity index (χ1v) is 8.63. The van der Waals surface area contributed by atoms with Crippen molar-refractivity contribution in [3.63, 3.8) is 0 Å². The van der Waals surface area contributed by atoms with E-state index in [1.807, 2.05) is 0 Å². The van der Waals surface area contributed by atoms with E-state index < -0.39 is 22.9 Å². The Balaban J connectivity index is 1.69. The lowest BCUT2D eigenvalue weighted by molar-refractivity contribution is -0.384. The first kappa shape index (κ1) is 19.9. The van der Waals surface area contributed by atoms with E-state index in [1.165, 1.54) is 26.2 Å². The molecule has 1 heterocycles. The average Bonchev–Trinajstić information content (AvgIpc) is 2.72. The number of hydrogen-bond donors (Lipinski definition) is 1. The minimum Gasteiger partial charge on any atom is -0.496 e. The molecule has 0 unspecified atom stereocenters. The molecule has 0 aliphatic carbocycles. The Morgan fingerprint density at radius 2 is 1.86 bits per heavy atom. The van der Waals surface area contributed by atoms with E-state index >= 15 is 0 Å². The summed E-state index contributed by atoms with van der Waals surface area (Å²) in [6, 6.07) is 8.41. The number of ether oxygens (including phenoxy) is 4. The standard InChI is InChI=1S/C19H18N2O8/c1-11(18(22)20-12-3-5-16-17(9-12)28-8-7-27-16)29-19(23)14-10-13(21(24)25)4-6-15(14)26-2/h3-6,9-11H,7-8H2,1-2H3,(H,20,22)/t11-/m0/s1. The van der Waals surface area contributed by atoms with Crippen LogP contribution in [0.5, 0.6) is 17.2 Å². The van der Waals surface area contributed by atoms with Crippen LogP contribution < -0.4 is 19.5 Å². The summed E-state index contributed by atoms with van der Waals surface area (Å²) in [5, 5.41) is 13.6. The number of nitrogens with zero attached hydrogens (tertiary/aromatic N) is 1. The van der Waals surface area contributed by atoms with Crippen molar-refractivity contribution in [2.45, 2.75) is 13.0 Å². The highest BCUT2D eigenvalue weighted by Gasteiger charge is 2.24. The summed E-state index contributed by atoms with van der Waals surface area (Å²) in [6.45, 7) is 2.24. The molecule has 152 valence electrons. The second kappa shape index (κ2) is 8.46. The van der Waals surface area contributed by atoms with Crippen LogP contribution in [0, 0.1) is 10.1 Å². The fraction of sp³-hybridized carbons (Fsp3) is 0.263. The van der Waals surface area contributed by atoms with E-state index in [0.717, 1.165) is 6.07 Å². The highest BCUT2D eigenvalue weighted by Crippen LogP contribution is 2.32. The number of non-ortho nitro benzene ring substituents is 1. The Morgan fingerprint density at radius 3 is 2.55 bits per heavy atom. The Hall–Kier alpha value is -3.82. The van der Waals surface area contributed by atoms with E-state index in [0.29, 0.717) is 30.4 Å². The van der Waals surface area contributed by atoms with Gasteiger partial charge in [-0.2, -0.15) is 0 Å². The summed E-state index contributed by atoms with van der Waals surface area (Å²) in [5.41, 5.74) is -0.0121. The maximum absolute atomic E-state index is 12.4. The number of carbonyl (C=O) groups excluding carboxylic acids is 2. The van der Waals surface area contributed by atoms with Gasteiger partial charge in [0.05, 0.1) is 12.0 Å². The van der Waals surface area contributed by atoms with Crippen molar-refractivity contribution >= 4 is 23.3 Å². The van der Waals surface area contributed by atoms with Gasteiger partial charge in [-0.25, -0.2) is 4.79 Å². The normalized spacial score (nSPS) is 13.2. The molecule has 0 saturated heterocycles. The molecule has 2 aromatic carbocycles. The highest BCUT2D eigenvalue weighted by molar-refractivity contribution is 5.98. The molecule has 10 nitrogen and oxygen atoms in total. The summed E-state index contributed by atoms with van der Waals surface area (Å²) >= 11 is 0. The Labute approximate surface area is 165 Å². The van der Waals surface area contributed by atoms with Crippen LogP contribution in [0.3, 0.4) is 0 Å². The summed E-state index contributed by atoms with van der Waals surface area (Å²) in [4.78, 5) is 35.1. The number of methoxy groups -OCH3 is 1. The average molecular weight is 402 g/mol. The molecule has 0 fully saturated rings. The van der Waals surface area contributed by atoms with Crippen molar-refractivity contribution in [1.29, 1.82) is 0 Å². The lowest BCUT2D eigenvalue weighted by Gasteiger charge is -2.19. The summed E-state index contributed by atoms with van der Waals surface area (Å²) in [5.74, 6) is -0.332. The quantitative estimate of drug-likeness (QED) is 0.444. The molecule has 0 spiro atoms. The van der Waals surface area contributed by atoms with Crippen molar-refractivity contribution < 1.29 is 33.5 Å². The number of nitrogens with one attached hydrogen (secondary N) is 1. The van der Waals surface area contributed by atoms with Gasteiger partial charge in [0.2, 0.25) is 0 Å². The van der Waals surface area contributed by atoms with Gasteiger partial charge in [0.15, 0.2) is 17.6 Å². The van der Waals surface area contributed by atoms with E-state index in [4.69, 9.17) is 18.9 Å². The molecule has 2 aromatic rings. The second-order valence-corrected chi connectivity index (χ2v) is 6.04. The van der Waals surface area contributed by atoms with E-state index in [1.54, 1.807) is 18.2 Å². The smallest absolute Gasteiger partial charge is 0.342 e. The third-order valence-corrected chi connectivity index (χ3v) is 4.08. The van der Waals surface area contributed by atoms with Crippen LogP contribution in [0.25, 0.3) is 0 Å². The molecule has 1 amide bonds. The Bertz CT molecular complexity index is 959. The minimum absolute atomic E-state index is 0.0973. The number of esters is 1. The molecule has 10 heteroatoms. The molecule has 0 saturated carbocycles. The van der Waals surface area contributed by atoms with Gasteiger partial charge < -0.3 is 24.3 Å². The molecule has 1 N–H and O–H groups in total. The molecular formula is C19H18N2O8. The van der Waals surface area contributed by atoms with Crippen molar-refractivity contribution in [3.05, 3.63) is 52.1 Å². The molecule has 1 aliphatic rings. The van der Waals surface area contributed by atoms with Crippen LogP contribution >= 0.6 is 0 Å². The second-order valence-electron chi connectivity index (χ2n) is 6.04. The Morgan fingerprint density at radius 1 is 1.14 bits per heavy atom. The van der Waals surface area contributed by atoms with Crippen LogP contribution in [-0.4, -0.2) is 43.2 Å². The predicted octanol–water partition coefficient (Wildman–Crippen LogP) is 2.56. The molecule has 0 radical (unpaired) electrons. The first-order chi connectivity index (χ1) is 13.9. The number of nitro benzene ring substituents is 1.